The normalized spacial score (nSPS) is 11.7. The Morgan fingerprint density at radius 2 is 1.81 bits per heavy atom. The summed E-state index contributed by atoms with van der Waals surface area (Å²) in [5.41, 5.74) is 5.52. The minimum atomic E-state index is -0.175. The standard InChI is InChI=1S/C25H23N3O2S/c1-16-4-7-19(8-5-16)21-12-22(14-23(13-21)30-25-26-10-11-31-25)24(29)28-18(3)20-9-6-17(2)27-15-20/h4-15,18H,1-3H3,(H,28,29)/t18-/m1/s1. The van der Waals surface area contributed by atoms with Gasteiger partial charge in [0.1, 0.15) is 5.75 Å². The molecule has 156 valence electrons. The smallest absolute Gasteiger partial charge is 0.278 e. The number of hydrogen-bond acceptors (Lipinski definition) is 5. The average Bonchev–Trinajstić information content (AvgIpc) is 3.27. The van der Waals surface area contributed by atoms with E-state index >= 15 is 0 Å². The summed E-state index contributed by atoms with van der Waals surface area (Å²) in [6.07, 6.45) is 3.48. The van der Waals surface area contributed by atoms with Crippen molar-refractivity contribution in [3.63, 3.8) is 0 Å². The Morgan fingerprint density at radius 1 is 1.00 bits per heavy atom. The summed E-state index contributed by atoms with van der Waals surface area (Å²) in [6, 6.07) is 17.5. The van der Waals surface area contributed by atoms with Crippen LogP contribution in [0.5, 0.6) is 10.9 Å². The maximum Gasteiger partial charge on any atom is 0.278 e. The van der Waals surface area contributed by atoms with Gasteiger partial charge >= 0.3 is 0 Å². The second kappa shape index (κ2) is 9.10. The number of pyridine rings is 1. The van der Waals surface area contributed by atoms with Crippen molar-refractivity contribution in [2.45, 2.75) is 26.8 Å². The molecule has 5 nitrogen and oxygen atoms in total. The van der Waals surface area contributed by atoms with Crippen molar-refractivity contribution in [3.8, 4) is 22.1 Å². The van der Waals surface area contributed by atoms with E-state index in [0.29, 0.717) is 16.5 Å². The zero-order valence-electron chi connectivity index (χ0n) is 17.6. The van der Waals surface area contributed by atoms with Gasteiger partial charge in [0.15, 0.2) is 0 Å². The molecular formula is C25H23N3O2S. The van der Waals surface area contributed by atoms with Crippen LogP contribution in [0.15, 0.2) is 72.4 Å². The van der Waals surface area contributed by atoms with Gasteiger partial charge in [0.05, 0.1) is 6.04 Å². The maximum absolute atomic E-state index is 13.1. The van der Waals surface area contributed by atoms with Crippen LogP contribution < -0.4 is 10.1 Å². The molecule has 0 aliphatic rings. The number of amides is 1. The van der Waals surface area contributed by atoms with Gasteiger partial charge in [-0.05, 0) is 61.7 Å². The fourth-order valence-corrected chi connectivity index (χ4v) is 3.67. The molecule has 0 saturated heterocycles. The maximum atomic E-state index is 13.1. The molecule has 4 rings (SSSR count). The molecule has 0 bridgehead atoms. The Kier molecular flexibility index (Phi) is 6.09. The Hall–Kier alpha value is -3.51. The van der Waals surface area contributed by atoms with Gasteiger partial charge in [0, 0.05) is 29.0 Å². The Bertz CT molecular complexity index is 1170. The number of aromatic nitrogens is 2. The van der Waals surface area contributed by atoms with Gasteiger partial charge in [0.2, 0.25) is 0 Å². The predicted octanol–water partition coefficient (Wildman–Crippen LogP) is 6.11. The molecule has 0 fully saturated rings. The van der Waals surface area contributed by atoms with Crippen molar-refractivity contribution in [2.24, 2.45) is 0 Å². The summed E-state index contributed by atoms with van der Waals surface area (Å²) in [5.74, 6) is 0.397. The zero-order valence-corrected chi connectivity index (χ0v) is 18.4. The first-order valence-electron chi connectivity index (χ1n) is 10.0. The van der Waals surface area contributed by atoms with Crippen LogP contribution in [-0.2, 0) is 0 Å². The lowest BCUT2D eigenvalue weighted by Gasteiger charge is -2.16. The highest BCUT2D eigenvalue weighted by molar-refractivity contribution is 7.11. The van der Waals surface area contributed by atoms with Crippen LogP contribution in [-0.4, -0.2) is 15.9 Å². The van der Waals surface area contributed by atoms with Crippen LogP contribution in [0.1, 0.15) is 40.1 Å². The average molecular weight is 430 g/mol. The van der Waals surface area contributed by atoms with E-state index in [-0.39, 0.29) is 11.9 Å². The van der Waals surface area contributed by atoms with Crippen LogP contribution in [0.25, 0.3) is 11.1 Å². The van der Waals surface area contributed by atoms with E-state index < -0.39 is 0 Å². The van der Waals surface area contributed by atoms with Gasteiger partial charge in [-0.15, -0.1) is 0 Å². The highest BCUT2D eigenvalue weighted by Gasteiger charge is 2.15. The first kappa shape index (κ1) is 20.8. The van der Waals surface area contributed by atoms with Gasteiger partial charge in [-0.2, -0.15) is 0 Å². The molecule has 31 heavy (non-hydrogen) atoms. The molecule has 1 N–H and O–H groups in total. The van der Waals surface area contributed by atoms with Crippen molar-refractivity contribution in [1.29, 1.82) is 0 Å². The highest BCUT2D eigenvalue weighted by Crippen LogP contribution is 2.30. The molecule has 1 atom stereocenters. The lowest BCUT2D eigenvalue weighted by molar-refractivity contribution is 0.0939. The molecule has 4 aromatic rings. The van der Waals surface area contributed by atoms with Crippen molar-refractivity contribution < 1.29 is 9.53 Å². The second-order valence-corrected chi connectivity index (χ2v) is 8.30. The monoisotopic (exact) mass is 429 g/mol. The van der Waals surface area contributed by atoms with Crippen LogP contribution in [0.3, 0.4) is 0 Å². The van der Waals surface area contributed by atoms with Gasteiger partial charge in [0.25, 0.3) is 11.1 Å². The quantitative estimate of drug-likeness (QED) is 0.402. The fraction of sp³-hybridized carbons (Fsp3) is 0.160. The van der Waals surface area contributed by atoms with Crippen LogP contribution >= 0.6 is 11.3 Å². The number of rotatable bonds is 6. The lowest BCUT2D eigenvalue weighted by Crippen LogP contribution is -2.26. The number of aryl methyl sites for hydroxylation is 2. The summed E-state index contributed by atoms with van der Waals surface area (Å²) >= 11 is 1.40. The summed E-state index contributed by atoms with van der Waals surface area (Å²) in [5, 5.41) is 5.44. The van der Waals surface area contributed by atoms with Crippen molar-refractivity contribution in [2.75, 3.05) is 0 Å². The number of hydrogen-bond donors (Lipinski definition) is 1. The number of ether oxygens (including phenoxy) is 1. The minimum Gasteiger partial charge on any atom is -0.431 e. The van der Waals surface area contributed by atoms with Crippen molar-refractivity contribution in [1.82, 2.24) is 15.3 Å². The van der Waals surface area contributed by atoms with E-state index in [2.05, 4.69) is 27.4 Å². The second-order valence-electron chi connectivity index (χ2n) is 7.44. The third kappa shape index (κ3) is 5.16. The zero-order chi connectivity index (χ0) is 21.8. The fourth-order valence-electron chi connectivity index (χ4n) is 3.16. The van der Waals surface area contributed by atoms with Crippen LogP contribution in [0.2, 0.25) is 0 Å². The number of carbonyl (C=O) groups excluding carboxylic acids is 1. The van der Waals surface area contributed by atoms with E-state index in [0.717, 1.165) is 22.4 Å². The number of nitrogens with one attached hydrogen (secondary N) is 1. The molecule has 0 aliphatic carbocycles. The lowest BCUT2D eigenvalue weighted by atomic mass is 10.0. The number of benzene rings is 2. The van der Waals surface area contributed by atoms with Gasteiger partial charge in [-0.3, -0.25) is 9.78 Å². The molecule has 0 spiro atoms. The summed E-state index contributed by atoms with van der Waals surface area (Å²) in [4.78, 5) is 21.6. The van der Waals surface area contributed by atoms with E-state index in [1.807, 2.05) is 62.5 Å². The summed E-state index contributed by atoms with van der Waals surface area (Å²) < 4.78 is 5.92. The first-order chi connectivity index (χ1) is 15.0. The first-order valence-corrected chi connectivity index (χ1v) is 10.9. The molecule has 6 heteroatoms. The number of thiazole rings is 1. The summed E-state index contributed by atoms with van der Waals surface area (Å²) in [6.45, 7) is 5.93. The predicted molar refractivity (Wildman–Crippen MR) is 124 cm³/mol. The molecule has 2 aromatic carbocycles. The van der Waals surface area contributed by atoms with Gasteiger partial charge in [-0.25, -0.2) is 4.98 Å². The Labute approximate surface area is 185 Å². The minimum absolute atomic E-state index is 0.174. The van der Waals surface area contributed by atoms with Crippen LogP contribution in [0.4, 0.5) is 0 Å². The molecule has 0 unspecified atom stereocenters. The number of carbonyl (C=O) groups is 1. The molecular weight excluding hydrogens is 406 g/mol. The third-order valence-corrected chi connectivity index (χ3v) is 5.60. The van der Waals surface area contributed by atoms with Gasteiger partial charge < -0.3 is 10.1 Å². The molecule has 2 heterocycles. The Balaban J connectivity index is 1.64. The van der Waals surface area contributed by atoms with Crippen molar-refractivity contribution >= 4 is 17.2 Å². The molecule has 0 radical (unpaired) electrons. The SMILES string of the molecule is Cc1ccc(-c2cc(Oc3nccs3)cc(C(=O)N[C@H](C)c3ccc(C)nc3)c2)cc1. The van der Waals surface area contributed by atoms with Gasteiger partial charge in [-0.1, -0.05) is 47.2 Å². The number of nitrogens with zero attached hydrogens (tertiary/aromatic N) is 2. The van der Waals surface area contributed by atoms with E-state index in [1.54, 1.807) is 18.5 Å². The van der Waals surface area contributed by atoms with E-state index in [1.165, 1.54) is 16.9 Å². The molecule has 0 saturated carbocycles. The molecule has 2 aromatic heterocycles. The molecule has 0 aliphatic heterocycles. The molecule has 1 amide bonds. The van der Waals surface area contributed by atoms with Crippen LogP contribution in [0, 0.1) is 13.8 Å². The summed E-state index contributed by atoms with van der Waals surface area (Å²) in [7, 11) is 0. The topological polar surface area (TPSA) is 64.1 Å². The van der Waals surface area contributed by atoms with Crippen molar-refractivity contribution in [3.05, 3.63) is 94.8 Å². The van der Waals surface area contributed by atoms with E-state index in [9.17, 15) is 4.79 Å². The highest BCUT2D eigenvalue weighted by atomic mass is 32.1. The third-order valence-electron chi connectivity index (χ3n) is 4.95. The Morgan fingerprint density at radius 3 is 2.48 bits per heavy atom. The van der Waals surface area contributed by atoms with E-state index in [4.69, 9.17) is 4.74 Å². The largest absolute Gasteiger partial charge is 0.431 e.